The molecule has 6 nitrogen and oxygen atoms in total. The highest BCUT2D eigenvalue weighted by atomic mass is 14.9. The molecule has 5 aromatic rings. The molecule has 6 heteroatoms. The van der Waals surface area contributed by atoms with Crippen LogP contribution in [0.5, 0.6) is 0 Å². The lowest BCUT2D eigenvalue weighted by molar-refractivity contribution is 1.27. The summed E-state index contributed by atoms with van der Waals surface area (Å²) in [7, 11) is 0. The molecule has 1 aromatic heterocycles. The lowest BCUT2D eigenvalue weighted by Crippen LogP contribution is -1.96. The molecule has 1 heterocycles. The summed E-state index contributed by atoms with van der Waals surface area (Å²) in [5, 5.41) is 28.8. The molecule has 4 aromatic carbocycles. The Morgan fingerprint density at radius 2 is 1.24 bits per heavy atom. The van der Waals surface area contributed by atoms with Crippen molar-refractivity contribution in [3.05, 3.63) is 124 Å². The number of hydrogen-bond donors (Lipinski definition) is 0. The monoisotopic (exact) mass is 482 g/mol. The molecule has 0 unspecified atom stereocenters. The summed E-state index contributed by atoms with van der Waals surface area (Å²) in [6, 6.07) is 33.3. The molecule has 0 N–H and O–H groups in total. The van der Waals surface area contributed by atoms with E-state index in [0.29, 0.717) is 33.6 Å². The molecule has 172 valence electrons. The molecule has 0 aliphatic heterocycles. The van der Waals surface area contributed by atoms with Gasteiger partial charge in [-0.3, -0.25) is 0 Å². The second-order valence-electron chi connectivity index (χ2n) is 8.65. The van der Waals surface area contributed by atoms with Gasteiger partial charge in [-0.15, -0.1) is 0 Å². The normalized spacial score (nSPS) is 12.4. The van der Waals surface area contributed by atoms with E-state index in [1.165, 1.54) is 6.07 Å². The van der Waals surface area contributed by atoms with Crippen LogP contribution in [0.2, 0.25) is 0 Å². The molecule has 0 radical (unpaired) electrons. The summed E-state index contributed by atoms with van der Waals surface area (Å²) in [5.41, 5.74) is 8.13. The fraction of sp³-hybridized carbons (Fsp3) is 0. The predicted octanol–water partition coefficient (Wildman–Crippen LogP) is 6.89. The van der Waals surface area contributed by atoms with Crippen molar-refractivity contribution in [3.8, 4) is 51.7 Å². The minimum Gasteiger partial charge on any atom is -0.245 e. The quantitative estimate of drug-likeness (QED) is 0.198. The zero-order chi connectivity index (χ0) is 26.2. The molecule has 0 fully saturated rings. The summed E-state index contributed by atoms with van der Waals surface area (Å²) in [6.45, 7) is 7.67. The van der Waals surface area contributed by atoms with Gasteiger partial charge in [0.25, 0.3) is 5.70 Å². The summed E-state index contributed by atoms with van der Waals surface area (Å²) in [6.07, 6.45) is 0. The number of aromatic nitrogens is 2. The molecular weight excluding hydrogens is 468 g/mol. The van der Waals surface area contributed by atoms with Crippen LogP contribution >= 0.6 is 0 Å². The molecule has 1 aliphatic carbocycles. The number of nitrogens with zero attached hydrogens (tertiary/aromatic N) is 6. The van der Waals surface area contributed by atoms with Crippen molar-refractivity contribution in [1.29, 1.82) is 15.8 Å². The van der Waals surface area contributed by atoms with Gasteiger partial charge in [-0.25, -0.2) is 20.1 Å². The molecule has 6 rings (SSSR count). The van der Waals surface area contributed by atoms with Gasteiger partial charge in [0.15, 0.2) is 0 Å². The second kappa shape index (κ2) is 8.85. The highest BCUT2D eigenvalue weighted by Crippen LogP contribution is 2.46. The Labute approximate surface area is 218 Å². The van der Waals surface area contributed by atoms with Crippen LogP contribution in [0.4, 0.5) is 0 Å². The van der Waals surface area contributed by atoms with Crippen LogP contribution in [0.3, 0.4) is 0 Å². The first-order valence-electron chi connectivity index (χ1n) is 11.6. The standard InChI is InChI=1S/C32H14N6/c1-36-29(18-35)30-26-13-20(24-10-6-5-9-23(24)19-7-3-2-4-8-19)11-12-25(26)31-32(30)38-28-15-22(17-34)21(16-33)14-27(28)37-31/h2-15H/b30-29+. The Hall–Kier alpha value is -6.08. The summed E-state index contributed by atoms with van der Waals surface area (Å²) in [5.74, 6) is 0. The summed E-state index contributed by atoms with van der Waals surface area (Å²) < 4.78 is 0. The van der Waals surface area contributed by atoms with Crippen LogP contribution in [0.15, 0.2) is 90.6 Å². The molecule has 38 heavy (non-hydrogen) atoms. The topological polar surface area (TPSA) is 102 Å². The van der Waals surface area contributed by atoms with Gasteiger partial charge in [-0.1, -0.05) is 66.7 Å². The minimum atomic E-state index is -0.0821. The van der Waals surface area contributed by atoms with Gasteiger partial charge in [0.05, 0.1) is 46.2 Å². The Morgan fingerprint density at radius 3 is 1.84 bits per heavy atom. The van der Waals surface area contributed by atoms with Crippen molar-refractivity contribution >= 4 is 16.6 Å². The largest absolute Gasteiger partial charge is 0.271 e. The molecule has 0 atom stereocenters. The average Bonchev–Trinajstić information content (AvgIpc) is 3.28. The Balaban J connectivity index is 1.62. The maximum atomic E-state index is 9.83. The highest BCUT2D eigenvalue weighted by Gasteiger charge is 2.30. The Morgan fingerprint density at radius 1 is 0.632 bits per heavy atom. The summed E-state index contributed by atoms with van der Waals surface area (Å²) in [4.78, 5) is 13.0. The van der Waals surface area contributed by atoms with Gasteiger partial charge >= 0.3 is 0 Å². The lowest BCUT2D eigenvalue weighted by atomic mass is 9.92. The molecular formula is C32H14N6. The zero-order valence-electron chi connectivity index (χ0n) is 19.8. The van der Waals surface area contributed by atoms with Crippen LogP contribution in [-0.2, 0) is 0 Å². The van der Waals surface area contributed by atoms with E-state index in [1.807, 2.05) is 72.8 Å². The molecule has 1 aliphatic rings. The number of allylic oxidation sites excluding steroid dienone is 1. The third kappa shape index (κ3) is 3.39. The second-order valence-corrected chi connectivity index (χ2v) is 8.65. The van der Waals surface area contributed by atoms with E-state index in [0.717, 1.165) is 27.8 Å². The Kier molecular flexibility index (Phi) is 5.22. The van der Waals surface area contributed by atoms with Gasteiger partial charge in [-0.05, 0) is 46.0 Å². The van der Waals surface area contributed by atoms with Crippen molar-refractivity contribution in [1.82, 2.24) is 9.97 Å². The smallest absolute Gasteiger partial charge is 0.245 e. The Bertz CT molecular complexity index is 1990. The number of rotatable bonds is 2. The van der Waals surface area contributed by atoms with Crippen LogP contribution in [0.25, 0.3) is 55.0 Å². The number of benzene rings is 4. The summed E-state index contributed by atoms with van der Waals surface area (Å²) >= 11 is 0. The first kappa shape index (κ1) is 22.4. The molecule has 0 saturated heterocycles. The van der Waals surface area contributed by atoms with E-state index >= 15 is 0 Å². The highest BCUT2D eigenvalue weighted by molar-refractivity contribution is 6.04. The van der Waals surface area contributed by atoms with Crippen molar-refractivity contribution in [2.75, 3.05) is 0 Å². The zero-order valence-corrected chi connectivity index (χ0v) is 19.8. The van der Waals surface area contributed by atoms with Gasteiger partial charge in [0.2, 0.25) is 0 Å². The van der Waals surface area contributed by atoms with Crippen molar-refractivity contribution in [3.63, 3.8) is 0 Å². The van der Waals surface area contributed by atoms with Crippen molar-refractivity contribution in [2.45, 2.75) is 0 Å². The van der Waals surface area contributed by atoms with Gasteiger partial charge < -0.3 is 0 Å². The maximum absolute atomic E-state index is 9.83. The van der Waals surface area contributed by atoms with Gasteiger partial charge in [0, 0.05) is 11.1 Å². The predicted molar refractivity (Wildman–Crippen MR) is 144 cm³/mol. The van der Waals surface area contributed by atoms with Crippen LogP contribution in [0, 0.1) is 40.6 Å². The third-order valence-corrected chi connectivity index (χ3v) is 6.60. The first-order chi connectivity index (χ1) is 18.7. The van der Waals surface area contributed by atoms with E-state index in [4.69, 9.17) is 16.5 Å². The van der Waals surface area contributed by atoms with E-state index in [1.54, 1.807) is 6.07 Å². The van der Waals surface area contributed by atoms with Crippen LogP contribution in [-0.4, -0.2) is 9.97 Å². The van der Waals surface area contributed by atoms with Gasteiger partial charge in [-0.2, -0.15) is 10.5 Å². The number of fused-ring (bicyclic) bond motifs is 4. The first-order valence-corrected chi connectivity index (χ1v) is 11.6. The van der Waals surface area contributed by atoms with Crippen molar-refractivity contribution < 1.29 is 0 Å². The van der Waals surface area contributed by atoms with Crippen LogP contribution in [0.1, 0.15) is 22.4 Å². The molecule has 0 saturated carbocycles. The molecule has 0 amide bonds. The SMILES string of the molecule is [C-]#[N+]/C(C#N)=C1\c2cc(-c3ccccc3-c3ccccc3)ccc2-c2nc3cc(C#N)c(C#N)cc3nc21. The van der Waals surface area contributed by atoms with E-state index in [2.05, 4.69) is 23.0 Å². The number of nitriles is 3. The van der Waals surface area contributed by atoms with Gasteiger partial charge in [0.1, 0.15) is 12.1 Å². The maximum Gasteiger partial charge on any atom is 0.271 e. The molecule has 0 bridgehead atoms. The van der Waals surface area contributed by atoms with E-state index in [9.17, 15) is 15.8 Å². The minimum absolute atomic E-state index is 0.0821. The third-order valence-electron chi connectivity index (χ3n) is 6.60. The molecule has 0 spiro atoms. The van der Waals surface area contributed by atoms with E-state index in [-0.39, 0.29) is 16.8 Å². The fourth-order valence-corrected chi connectivity index (χ4v) is 4.88. The average molecular weight is 483 g/mol. The van der Waals surface area contributed by atoms with Crippen molar-refractivity contribution in [2.24, 2.45) is 0 Å². The number of hydrogen-bond acceptors (Lipinski definition) is 5. The lowest BCUT2D eigenvalue weighted by Gasteiger charge is -2.12. The van der Waals surface area contributed by atoms with E-state index < -0.39 is 0 Å². The van der Waals surface area contributed by atoms with Crippen LogP contribution < -0.4 is 0 Å². The fourth-order valence-electron chi connectivity index (χ4n) is 4.88.